The second-order valence-electron chi connectivity index (χ2n) is 5.89. The molecule has 0 aliphatic carbocycles. The molecule has 2 aliphatic heterocycles. The van der Waals surface area contributed by atoms with Crippen LogP contribution >= 0.6 is 0 Å². The van der Waals surface area contributed by atoms with Gasteiger partial charge in [0.05, 0.1) is 12.5 Å². The molecule has 2 heterocycles. The lowest BCUT2D eigenvalue weighted by Crippen LogP contribution is -2.49. The maximum atomic E-state index is 12.8. The molecule has 0 spiro atoms. The lowest BCUT2D eigenvalue weighted by Gasteiger charge is -2.42. The zero-order chi connectivity index (χ0) is 13.9. The number of aliphatic hydroxyl groups is 1. The highest BCUT2D eigenvalue weighted by Gasteiger charge is 2.43. The summed E-state index contributed by atoms with van der Waals surface area (Å²) in [5.74, 6) is -1.21. The number of nitrogens with zero attached hydrogens (tertiary/aromatic N) is 1. The lowest BCUT2D eigenvalue weighted by atomic mass is 9.80. The van der Waals surface area contributed by atoms with Gasteiger partial charge in [-0.05, 0) is 32.2 Å². The number of piperidine rings is 1. The highest BCUT2D eigenvalue weighted by Crippen LogP contribution is 2.36. The van der Waals surface area contributed by atoms with Crippen molar-refractivity contribution in [2.75, 3.05) is 39.5 Å². The molecule has 6 heteroatoms. The summed E-state index contributed by atoms with van der Waals surface area (Å²) in [4.78, 5) is 1.88. The van der Waals surface area contributed by atoms with Gasteiger partial charge in [-0.1, -0.05) is 0 Å². The van der Waals surface area contributed by atoms with Gasteiger partial charge >= 0.3 is 6.18 Å². The normalized spacial score (nSPS) is 29.4. The summed E-state index contributed by atoms with van der Waals surface area (Å²) in [7, 11) is 0. The predicted octanol–water partition coefficient (Wildman–Crippen LogP) is 2.05. The van der Waals surface area contributed by atoms with Gasteiger partial charge in [0, 0.05) is 31.7 Å². The molecule has 19 heavy (non-hydrogen) atoms. The molecule has 0 bridgehead atoms. The molecule has 2 fully saturated rings. The minimum absolute atomic E-state index is 0.0313. The average Bonchev–Trinajstić information content (AvgIpc) is 2.39. The average molecular weight is 281 g/mol. The molecule has 1 N–H and O–H groups in total. The Bertz CT molecular complexity index is 290. The molecule has 2 rings (SSSR count). The minimum Gasteiger partial charge on any atom is -0.396 e. The number of aliphatic hydroxyl groups excluding tert-OH is 1. The van der Waals surface area contributed by atoms with Gasteiger partial charge in [-0.2, -0.15) is 13.2 Å². The molecule has 0 radical (unpaired) electrons. The predicted molar refractivity (Wildman–Crippen MR) is 64.8 cm³/mol. The maximum absolute atomic E-state index is 12.8. The summed E-state index contributed by atoms with van der Waals surface area (Å²) in [5, 5.41) is 9.59. The number of halogens is 3. The van der Waals surface area contributed by atoms with Gasteiger partial charge in [-0.3, -0.25) is 0 Å². The van der Waals surface area contributed by atoms with E-state index in [9.17, 15) is 18.3 Å². The van der Waals surface area contributed by atoms with Gasteiger partial charge in [0.25, 0.3) is 0 Å². The quantitative estimate of drug-likeness (QED) is 0.859. The highest BCUT2D eigenvalue weighted by atomic mass is 19.4. The third-order valence-corrected chi connectivity index (χ3v) is 4.42. The van der Waals surface area contributed by atoms with Crippen LogP contribution in [-0.2, 0) is 4.74 Å². The van der Waals surface area contributed by atoms with Crippen molar-refractivity contribution in [3.05, 3.63) is 0 Å². The van der Waals surface area contributed by atoms with E-state index in [2.05, 4.69) is 0 Å². The molecular formula is C13H22F3NO2. The Labute approximate surface area is 111 Å². The summed E-state index contributed by atoms with van der Waals surface area (Å²) in [5.41, 5.74) is -0.272. The van der Waals surface area contributed by atoms with E-state index in [1.165, 1.54) is 0 Å². The van der Waals surface area contributed by atoms with Crippen molar-refractivity contribution in [3.63, 3.8) is 0 Å². The lowest BCUT2D eigenvalue weighted by molar-refractivity contribution is -0.188. The molecule has 0 saturated carbocycles. The van der Waals surface area contributed by atoms with Crippen LogP contribution in [0, 0.1) is 11.3 Å². The fourth-order valence-corrected chi connectivity index (χ4v) is 3.11. The summed E-state index contributed by atoms with van der Waals surface area (Å²) in [6, 6.07) is 0. The van der Waals surface area contributed by atoms with E-state index in [1.54, 1.807) is 0 Å². The minimum atomic E-state index is -4.10. The first kappa shape index (κ1) is 15.1. The molecule has 1 atom stereocenters. The van der Waals surface area contributed by atoms with E-state index in [0.29, 0.717) is 32.7 Å². The number of alkyl halides is 3. The standard InChI is InChI=1S/C13H22F3NO2/c14-13(15,16)11-2-1-5-17(8-11)9-12(10-18)3-6-19-7-4-12/h11,18H,1-10H2. The fourth-order valence-electron chi connectivity index (χ4n) is 3.11. The van der Waals surface area contributed by atoms with Crippen LogP contribution in [0.2, 0.25) is 0 Å². The Morgan fingerprint density at radius 3 is 2.53 bits per heavy atom. The fraction of sp³-hybridized carbons (Fsp3) is 1.00. The van der Waals surface area contributed by atoms with E-state index in [-0.39, 0.29) is 25.0 Å². The van der Waals surface area contributed by atoms with Crippen LogP contribution in [0.15, 0.2) is 0 Å². The van der Waals surface area contributed by atoms with Crippen LogP contribution in [0.5, 0.6) is 0 Å². The zero-order valence-corrected chi connectivity index (χ0v) is 11.1. The van der Waals surface area contributed by atoms with Gasteiger partial charge < -0.3 is 14.7 Å². The van der Waals surface area contributed by atoms with Gasteiger partial charge in [-0.15, -0.1) is 0 Å². The van der Waals surface area contributed by atoms with Gasteiger partial charge in [0.15, 0.2) is 0 Å². The number of likely N-dealkylation sites (tertiary alicyclic amines) is 1. The molecule has 0 amide bonds. The molecule has 1 unspecified atom stereocenters. The Balaban J connectivity index is 1.94. The molecule has 3 nitrogen and oxygen atoms in total. The SMILES string of the molecule is OCC1(CN2CCCC(C(F)(F)F)C2)CCOCC1. The van der Waals surface area contributed by atoms with Crippen LogP contribution in [0.3, 0.4) is 0 Å². The van der Waals surface area contributed by atoms with Crippen molar-refractivity contribution in [3.8, 4) is 0 Å². The van der Waals surface area contributed by atoms with E-state index in [0.717, 1.165) is 12.8 Å². The van der Waals surface area contributed by atoms with Crippen molar-refractivity contribution >= 4 is 0 Å². The molecule has 112 valence electrons. The molecule has 2 aliphatic rings. The summed E-state index contributed by atoms with van der Waals surface area (Å²) >= 11 is 0. The Morgan fingerprint density at radius 2 is 1.95 bits per heavy atom. The van der Waals surface area contributed by atoms with E-state index < -0.39 is 12.1 Å². The van der Waals surface area contributed by atoms with Crippen molar-refractivity contribution in [2.45, 2.75) is 31.9 Å². The van der Waals surface area contributed by atoms with E-state index in [1.807, 2.05) is 4.90 Å². The Hall–Kier alpha value is -0.330. The van der Waals surface area contributed by atoms with Gasteiger partial charge in [-0.25, -0.2) is 0 Å². The molecule has 2 saturated heterocycles. The first-order valence-corrected chi connectivity index (χ1v) is 6.93. The number of ether oxygens (including phenoxy) is 1. The highest BCUT2D eigenvalue weighted by molar-refractivity contribution is 4.87. The van der Waals surface area contributed by atoms with E-state index >= 15 is 0 Å². The van der Waals surface area contributed by atoms with Crippen LogP contribution in [0.1, 0.15) is 25.7 Å². The van der Waals surface area contributed by atoms with Crippen LogP contribution in [-0.4, -0.2) is 55.6 Å². The van der Waals surface area contributed by atoms with Crippen molar-refractivity contribution < 1.29 is 23.0 Å². The second-order valence-corrected chi connectivity index (χ2v) is 5.89. The topological polar surface area (TPSA) is 32.7 Å². The summed E-state index contributed by atoms with van der Waals surface area (Å²) in [6.07, 6.45) is -1.81. The van der Waals surface area contributed by atoms with Crippen molar-refractivity contribution in [2.24, 2.45) is 11.3 Å². The van der Waals surface area contributed by atoms with Gasteiger partial charge in [0.1, 0.15) is 0 Å². The van der Waals surface area contributed by atoms with Gasteiger partial charge in [0.2, 0.25) is 0 Å². The van der Waals surface area contributed by atoms with Crippen LogP contribution < -0.4 is 0 Å². The molecule has 0 aromatic heterocycles. The molecule has 0 aromatic carbocycles. The third kappa shape index (κ3) is 3.83. The molecular weight excluding hydrogens is 259 g/mol. The van der Waals surface area contributed by atoms with Crippen LogP contribution in [0.4, 0.5) is 13.2 Å². The first-order chi connectivity index (χ1) is 8.95. The summed E-state index contributed by atoms with van der Waals surface area (Å²) in [6.45, 7) is 2.55. The largest absolute Gasteiger partial charge is 0.396 e. The Morgan fingerprint density at radius 1 is 1.26 bits per heavy atom. The number of rotatable bonds is 3. The van der Waals surface area contributed by atoms with Crippen molar-refractivity contribution in [1.29, 1.82) is 0 Å². The van der Waals surface area contributed by atoms with Crippen LogP contribution in [0.25, 0.3) is 0 Å². The number of hydrogen-bond acceptors (Lipinski definition) is 3. The molecule has 0 aromatic rings. The number of hydrogen-bond donors (Lipinski definition) is 1. The zero-order valence-electron chi connectivity index (χ0n) is 11.1. The first-order valence-electron chi connectivity index (χ1n) is 6.93. The smallest absolute Gasteiger partial charge is 0.393 e. The maximum Gasteiger partial charge on any atom is 0.393 e. The second kappa shape index (κ2) is 5.97. The Kier molecular flexibility index (Phi) is 4.74. The van der Waals surface area contributed by atoms with E-state index in [4.69, 9.17) is 4.74 Å². The van der Waals surface area contributed by atoms with Crippen molar-refractivity contribution in [1.82, 2.24) is 4.90 Å². The third-order valence-electron chi connectivity index (χ3n) is 4.42. The summed E-state index contributed by atoms with van der Waals surface area (Å²) < 4.78 is 43.6. The monoisotopic (exact) mass is 281 g/mol.